The summed E-state index contributed by atoms with van der Waals surface area (Å²) in [7, 11) is 0. The predicted octanol–water partition coefficient (Wildman–Crippen LogP) is 3.95. The lowest BCUT2D eigenvalue weighted by Gasteiger charge is -2.18. The minimum Gasteiger partial charge on any atom is -0.484 e. The van der Waals surface area contributed by atoms with Crippen molar-refractivity contribution in [1.29, 1.82) is 0 Å². The van der Waals surface area contributed by atoms with E-state index in [2.05, 4.69) is 21.2 Å². The number of ether oxygens (including phenoxy) is 1. The zero-order valence-corrected chi connectivity index (χ0v) is 15.9. The summed E-state index contributed by atoms with van der Waals surface area (Å²) in [4.78, 5) is 25.9. The Morgan fingerprint density at radius 3 is 2.16 bits per heavy atom. The maximum absolute atomic E-state index is 12.2. The highest BCUT2D eigenvalue weighted by molar-refractivity contribution is 9.10. The van der Waals surface area contributed by atoms with Crippen molar-refractivity contribution in [2.24, 2.45) is 0 Å². The molecule has 2 aromatic rings. The molecule has 0 saturated carbocycles. The second kappa shape index (κ2) is 9.22. The predicted molar refractivity (Wildman–Crippen MR) is 102 cm³/mol. The molecule has 0 atom stereocenters. The van der Waals surface area contributed by atoms with Crippen molar-refractivity contribution in [3.8, 4) is 5.75 Å². The summed E-state index contributed by atoms with van der Waals surface area (Å²) in [5.41, 5.74) is 1.31. The summed E-state index contributed by atoms with van der Waals surface area (Å²) >= 11 is 3.34. The van der Waals surface area contributed by atoms with E-state index in [1.807, 2.05) is 26.0 Å². The molecule has 0 unspecified atom stereocenters. The number of anilines is 1. The van der Waals surface area contributed by atoms with E-state index >= 15 is 0 Å². The van der Waals surface area contributed by atoms with Gasteiger partial charge in [-0.3, -0.25) is 9.59 Å². The average molecular weight is 405 g/mol. The van der Waals surface area contributed by atoms with E-state index in [1.165, 1.54) is 0 Å². The molecular weight excluding hydrogens is 384 g/mol. The SMILES string of the molecule is CCN(CC)C(=O)c1ccc(OCC(=O)Nc2ccc(Br)cc2)cc1. The van der Waals surface area contributed by atoms with E-state index in [-0.39, 0.29) is 18.4 Å². The first kappa shape index (κ1) is 19.0. The fourth-order valence-electron chi connectivity index (χ4n) is 2.27. The largest absolute Gasteiger partial charge is 0.484 e. The van der Waals surface area contributed by atoms with Gasteiger partial charge in [-0.1, -0.05) is 15.9 Å². The summed E-state index contributed by atoms with van der Waals surface area (Å²) in [5, 5.41) is 2.75. The van der Waals surface area contributed by atoms with Crippen LogP contribution in [0.3, 0.4) is 0 Å². The Labute approximate surface area is 156 Å². The monoisotopic (exact) mass is 404 g/mol. The molecule has 5 nitrogen and oxygen atoms in total. The van der Waals surface area contributed by atoms with Gasteiger partial charge in [-0.25, -0.2) is 0 Å². The van der Waals surface area contributed by atoms with Crippen molar-refractivity contribution < 1.29 is 14.3 Å². The second-order valence-corrected chi connectivity index (χ2v) is 6.26. The van der Waals surface area contributed by atoms with Gasteiger partial charge in [-0.05, 0) is 62.4 Å². The average Bonchev–Trinajstić information content (AvgIpc) is 2.63. The molecule has 25 heavy (non-hydrogen) atoms. The maximum atomic E-state index is 12.2. The molecule has 0 aliphatic heterocycles. The summed E-state index contributed by atoms with van der Waals surface area (Å²) in [6.07, 6.45) is 0. The zero-order chi connectivity index (χ0) is 18.2. The number of amides is 2. The normalized spacial score (nSPS) is 10.2. The Balaban J connectivity index is 1.87. The first-order valence-electron chi connectivity index (χ1n) is 8.11. The standard InChI is InChI=1S/C19H21BrN2O3/c1-3-22(4-2)19(24)14-5-11-17(12-6-14)25-13-18(23)21-16-9-7-15(20)8-10-16/h5-12H,3-4,13H2,1-2H3,(H,21,23). The highest BCUT2D eigenvalue weighted by Crippen LogP contribution is 2.15. The van der Waals surface area contributed by atoms with Crippen LogP contribution in [-0.4, -0.2) is 36.4 Å². The van der Waals surface area contributed by atoms with Crippen LogP contribution in [0.5, 0.6) is 5.75 Å². The molecule has 6 heteroatoms. The van der Waals surface area contributed by atoms with Crippen LogP contribution in [0.4, 0.5) is 5.69 Å². The summed E-state index contributed by atoms with van der Waals surface area (Å²) in [6, 6.07) is 14.1. The van der Waals surface area contributed by atoms with Crippen molar-refractivity contribution in [3.05, 3.63) is 58.6 Å². The molecule has 0 fully saturated rings. The van der Waals surface area contributed by atoms with Gasteiger partial charge in [-0.2, -0.15) is 0 Å². The van der Waals surface area contributed by atoms with Crippen molar-refractivity contribution in [3.63, 3.8) is 0 Å². The third-order valence-corrected chi connectivity index (χ3v) is 4.18. The third kappa shape index (κ3) is 5.60. The summed E-state index contributed by atoms with van der Waals surface area (Å²) in [6.45, 7) is 5.14. The smallest absolute Gasteiger partial charge is 0.262 e. The van der Waals surface area contributed by atoms with Gasteiger partial charge in [0.25, 0.3) is 11.8 Å². The van der Waals surface area contributed by atoms with Crippen LogP contribution in [0.2, 0.25) is 0 Å². The van der Waals surface area contributed by atoms with Gasteiger partial charge < -0.3 is 15.0 Å². The van der Waals surface area contributed by atoms with Crippen LogP contribution < -0.4 is 10.1 Å². The van der Waals surface area contributed by atoms with Gasteiger partial charge in [0.15, 0.2) is 6.61 Å². The highest BCUT2D eigenvalue weighted by Gasteiger charge is 2.12. The first-order valence-corrected chi connectivity index (χ1v) is 8.90. The number of hydrogen-bond acceptors (Lipinski definition) is 3. The lowest BCUT2D eigenvalue weighted by molar-refractivity contribution is -0.118. The number of rotatable bonds is 7. The molecule has 0 spiro atoms. The molecule has 132 valence electrons. The Morgan fingerprint density at radius 2 is 1.60 bits per heavy atom. The molecule has 0 saturated heterocycles. The van der Waals surface area contributed by atoms with Gasteiger partial charge in [0.2, 0.25) is 0 Å². The molecule has 0 radical (unpaired) electrons. The molecule has 1 N–H and O–H groups in total. The minimum absolute atomic E-state index is 0.00969. The Bertz CT molecular complexity index is 710. The lowest BCUT2D eigenvalue weighted by atomic mass is 10.2. The van der Waals surface area contributed by atoms with Crippen LogP contribution in [0, 0.1) is 0 Å². The second-order valence-electron chi connectivity index (χ2n) is 5.35. The summed E-state index contributed by atoms with van der Waals surface area (Å²) in [5.74, 6) is 0.289. The topological polar surface area (TPSA) is 58.6 Å². The molecule has 2 aromatic carbocycles. The van der Waals surface area contributed by atoms with Crippen LogP contribution >= 0.6 is 15.9 Å². The minimum atomic E-state index is -0.245. The molecule has 0 heterocycles. The number of benzene rings is 2. The molecule has 0 bridgehead atoms. The fraction of sp³-hybridized carbons (Fsp3) is 0.263. The molecule has 2 amide bonds. The van der Waals surface area contributed by atoms with Crippen LogP contribution in [0.15, 0.2) is 53.0 Å². The Hall–Kier alpha value is -2.34. The quantitative estimate of drug-likeness (QED) is 0.759. The van der Waals surface area contributed by atoms with Crippen molar-refractivity contribution in [2.75, 3.05) is 25.0 Å². The van der Waals surface area contributed by atoms with Gasteiger partial charge in [0.1, 0.15) is 5.75 Å². The van der Waals surface area contributed by atoms with Gasteiger partial charge in [0.05, 0.1) is 0 Å². The highest BCUT2D eigenvalue weighted by atomic mass is 79.9. The van der Waals surface area contributed by atoms with E-state index < -0.39 is 0 Å². The van der Waals surface area contributed by atoms with E-state index in [4.69, 9.17) is 4.74 Å². The Kier molecular flexibility index (Phi) is 7.01. The van der Waals surface area contributed by atoms with Gasteiger partial charge >= 0.3 is 0 Å². The number of nitrogens with zero attached hydrogens (tertiary/aromatic N) is 1. The molecule has 0 aliphatic carbocycles. The van der Waals surface area contributed by atoms with Crippen molar-refractivity contribution in [1.82, 2.24) is 4.90 Å². The molecular formula is C19H21BrN2O3. The van der Waals surface area contributed by atoms with Crippen LogP contribution in [0.25, 0.3) is 0 Å². The van der Waals surface area contributed by atoms with Crippen LogP contribution in [0.1, 0.15) is 24.2 Å². The number of halogens is 1. The number of nitrogens with one attached hydrogen (secondary N) is 1. The van der Waals surface area contributed by atoms with E-state index in [0.717, 1.165) is 4.47 Å². The van der Waals surface area contributed by atoms with Crippen molar-refractivity contribution in [2.45, 2.75) is 13.8 Å². The van der Waals surface area contributed by atoms with E-state index in [1.54, 1.807) is 41.3 Å². The first-order chi connectivity index (χ1) is 12.0. The zero-order valence-electron chi connectivity index (χ0n) is 14.3. The molecule has 0 aromatic heterocycles. The number of carbonyl (C=O) groups excluding carboxylic acids is 2. The maximum Gasteiger partial charge on any atom is 0.262 e. The summed E-state index contributed by atoms with van der Waals surface area (Å²) < 4.78 is 6.41. The Morgan fingerprint density at radius 1 is 1.00 bits per heavy atom. The van der Waals surface area contributed by atoms with E-state index in [0.29, 0.717) is 30.1 Å². The molecule has 2 rings (SSSR count). The van der Waals surface area contributed by atoms with Crippen LogP contribution in [-0.2, 0) is 4.79 Å². The fourth-order valence-corrected chi connectivity index (χ4v) is 2.53. The lowest BCUT2D eigenvalue weighted by Crippen LogP contribution is -2.30. The molecule has 0 aliphatic rings. The van der Waals surface area contributed by atoms with Crippen molar-refractivity contribution >= 4 is 33.4 Å². The van der Waals surface area contributed by atoms with E-state index in [9.17, 15) is 9.59 Å². The number of carbonyl (C=O) groups is 2. The number of hydrogen-bond donors (Lipinski definition) is 1. The van der Waals surface area contributed by atoms with Gasteiger partial charge in [0, 0.05) is 28.8 Å². The third-order valence-electron chi connectivity index (χ3n) is 3.65. The van der Waals surface area contributed by atoms with Gasteiger partial charge in [-0.15, -0.1) is 0 Å².